The summed E-state index contributed by atoms with van der Waals surface area (Å²) in [5, 5.41) is 7.10. The molecule has 0 aromatic rings. The molecule has 0 aliphatic rings. The van der Waals surface area contributed by atoms with Gasteiger partial charge in [0.15, 0.2) is 0 Å². The first kappa shape index (κ1) is 10.4. The molecule has 3 heteroatoms. The second-order valence-corrected chi connectivity index (χ2v) is 3.42. The molecule has 0 radical (unpaired) electrons. The Morgan fingerprint density at radius 3 is 2.18 bits per heavy atom. The molecule has 0 saturated carbocycles. The van der Waals surface area contributed by atoms with Gasteiger partial charge in [-0.25, -0.2) is 0 Å². The van der Waals surface area contributed by atoms with E-state index in [1.54, 1.807) is 0 Å². The zero-order chi connectivity index (χ0) is 9.02. The Balaban J connectivity index is 3.82. The van der Waals surface area contributed by atoms with Gasteiger partial charge in [0.2, 0.25) is 0 Å². The van der Waals surface area contributed by atoms with Gasteiger partial charge in [0.05, 0.1) is 6.54 Å². The molecule has 11 heavy (non-hydrogen) atoms. The Morgan fingerprint density at radius 2 is 1.91 bits per heavy atom. The van der Waals surface area contributed by atoms with E-state index in [9.17, 15) is 0 Å². The highest BCUT2D eigenvalue weighted by molar-refractivity contribution is 5.78. The highest BCUT2D eigenvalue weighted by Crippen LogP contribution is 2.06. The minimum Gasteiger partial charge on any atom is -0.387 e. The lowest BCUT2D eigenvalue weighted by atomic mass is 10.1. The van der Waals surface area contributed by atoms with E-state index in [-0.39, 0.29) is 5.84 Å². The molecule has 0 aromatic heterocycles. The fraction of sp³-hybridized carbons (Fsp3) is 0.875. The lowest BCUT2D eigenvalue weighted by Crippen LogP contribution is -2.39. The van der Waals surface area contributed by atoms with Crippen molar-refractivity contribution in [3.05, 3.63) is 0 Å². The van der Waals surface area contributed by atoms with Gasteiger partial charge in [-0.3, -0.25) is 10.3 Å². The smallest absolute Gasteiger partial charge is 0.105 e. The van der Waals surface area contributed by atoms with E-state index in [1.807, 2.05) is 7.05 Å². The van der Waals surface area contributed by atoms with Crippen LogP contribution in [-0.4, -0.2) is 30.4 Å². The molecule has 0 fully saturated rings. The summed E-state index contributed by atoms with van der Waals surface area (Å²) in [7, 11) is 1.99. The first-order valence-corrected chi connectivity index (χ1v) is 3.98. The van der Waals surface area contributed by atoms with Crippen LogP contribution in [-0.2, 0) is 0 Å². The maximum Gasteiger partial charge on any atom is 0.105 e. The van der Waals surface area contributed by atoms with Crippen LogP contribution in [0.5, 0.6) is 0 Å². The zero-order valence-electron chi connectivity index (χ0n) is 7.89. The summed E-state index contributed by atoms with van der Waals surface area (Å²) in [6.45, 7) is 7.05. The summed E-state index contributed by atoms with van der Waals surface area (Å²) in [5.41, 5.74) is 5.27. The summed E-state index contributed by atoms with van der Waals surface area (Å²) in [6, 6.07) is 0.485. The molecule has 1 atom stereocenters. The lowest BCUT2D eigenvalue weighted by molar-refractivity contribution is 0.233. The summed E-state index contributed by atoms with van der Waals surface area (Å²) >= 11 is 0. The number of hydrogen-bond acceptors (Lipinski definition) is 2. The maximum absolute atomic E-state index is 7.10. The lowest BCUT2D eigenvalue weighted by Gasteiger charge is -2.26. The van der Waals surface area contributed by atoms with Gasteiger partial charge in [0.1, 0.15) is 5.84 Å². The van der Waals surface area contributed by atoms with Gasteiger partial charge in [-0.15, -0.1) is 0 Å². The van der Waals surface area contributed by atoms with Crippen LogP contribution in [0.3, 0.4) is 0 Å². The van der Waals surface area contributed by atoms with Crippen molar-refractivity contribution in [2.24, 2.45) is 11.7 Å². The fourth-order valence-electron chi connectivity index (χ4n) is 0.922. The minimum absolute atomic E-state index is 0.236. The molecule has 0 bridgehead atoms. The Kier molecular flexibility index (Phi) is 4.11. The standard InChI is InChI=1S/C8H19N3/c1-6(2)7(3)11(4)5-8(9)10/h6-7H,5H2,1-4H3,(H3,9,10). The predicted molar refractivity (Wildman–Crippen MR) is 48.8 cm³/mol. The number of nitrogens with zero attached hydrogens (tertiary/aromatic N) is 1. The second-order valence-electron chi connectivity index (χ2n) is 3.42. The Bertz CT molecular complexity index is 131. The van der Waals surface area contributed by atoms with Crippen molar-refractivity contribution in [1.82, 2.24) is 4.90 Å². The third kappa shape index (κ3) is 3.98. The molecule has 0 aliphatic heterocycles. The van der Waals surface area contributed by atoms with Crippen LogP contribution in [0.1, 0.15) is 20.8 Å². The number of amidine groups is 1. The normalized spacial score (nSPS) is 14.0. The number of rotatable bonds is 4. The van der Waals surface area contributed by atoms with Gasteiger partial charge in [-0.05, 0) is 19.9 Å². The number of nitrogens with one attached hydrogen (secondary N) is 1. The molecule has 66 valence electrons. The summed E-state index contributed by atoms with van der Waals surface area (Å²) in [5.74, 6) is 0.847. The van der Waals surface area contributed by atoms with E-state index in [0.29, 0.717) is 18.5 Å². The zero-order valence-corrected chi connectivity index (χ0v) is 7.89. The summed E-state index contributed by atoms with van der Waals surface area (Å²) in [6.07, 6.45) is 0. The Labute approximate surface area is 69.1 Å². The van der Waals surface area contributed by atoms with Crippen LogP contribution >= 0.6 is 0 Å². The van der Waals surface area contributed by atoms with Crippen molar-refractivity contribution in [3.8, 4) is 0 Å². The van der Waals surface area contributed by atoms with Crippen LogP contribution in [0.15, 0.2) is 0 Å². The van der Waals surface area contributed by atoms with Crippen molar-refractivity contribution in [1.29, 1.82) is 5.41 Å². The Morgan fingerprint density at radius 1 is 1.45 bits per heavy atom. The van der Waals surface area contributed by atoms with Gasteiger partial charge in [-0.1, -0.05) is 13.8 Å². The predicted octanol–water partition coefficient (Wildman–Crippen LogP) is 0.899. The molecule has 3 N–H and O–H groups in total. The van der Waals surface area contributed by atoms with E-state index in [1.165, 1.54) is 0 Å². The van der Waals surface area contributed by atoms with Gasteiger partial charge < -0.3 is 5.73 Å². The molecular weight excluding hydrogens is 138 g/mol. The van der Waals surface area contributed by atoms with Crippen LogP contribution in [0, 0.1) is 11.3 Å². The molecule has 0 spiro atoms. The van der Waals surface area contributed by atoms with Crippen LogP contribution < -0.4 is 5.73 Å². The molecule has 0 heterocycles. The van der Waals surface area contributed by atoms with Crippen molar-refractivity contribution in [3.63, 3.8) is 0 Å². The molecule has 0 rings (SSSR count). The molecule has 0 aliphatic carbocycles. The van der Waals surface area contributed by atoms with Crippen molar-refractivity contribution in [2.75, 3.05) is 13.6 Å². The number of hydrogen-bond donors (Lipinski definition) is 2. The topological polar surface area (TPSA) is 53.1 Å². The summed E-state index contributed by atoms with van der Waals surface area (Å²) < 4.78 is 0. The van der Waals surface area contributed by atoms with Crippen LogP contribution in [0.4, 0.5) is 0 Å². The van der Waals surface area contributed by atoms with E-state index in [0.717, 1.165) is 0 Å². The van der Waals surface area contributed by atoms with Crippen molar-refractivity contribution >= 4 is 5.84 Å². The average Bonchev–Trinajstić information content (AvgIpc) is 1.84. The molecule has 1 unspecified atom stereocenters. The first-order chi connectivity index (χ1) is 4.95. The average molecular weight is 157 g/mol. The molecule has 0 amide bonds. The van der Waals surface area contributed by atoms with E-state index < -0.39 is 0 Å². The largest absolute Gasteiger partial charge is 0.387 e. The maximum atomic E-state index is 7.10. The number of likely N-dealkylation sites (N-methyl/N-ethyl adjacent to an activating group) is 1. The minimum atomic E-state index is 0.236. The van der Waals surface area contributed by atoms with Crippen LogP contribution in [0.2, 0.25) is 0 Å². The van der Waals surface area contributed by atoms with E-state index >= 15 is 0 Å². The highest BCUT2D eigenvalue weighted by Gasteiger charge is 2.12. The third-order valence-corrected chi connectivity index (χ3v) is 2.08. The summed E-state index contributed by atoms with van der Waals surface area (Å²) in [4.78, 5) is 2.09. The second kappa shape index (κ2) is 4.34. The molecule has 0 aromatic carbocycles. The molecule has 3 nitrogen and oxygen atoms in total. The molecular formula is C8H19N3. The van der Waals surface area contributed by atoms with E-state index in [4.69, 9.17) is 11.1 Å². The van der Waals surface area contributed by atoms with Gasteiger partial charge >= 0.3 is 0 Å². The van der Waals surface area contributed by atoms with Crippen LogP contribution in [0.25, 0.3) is 0 Å². The first-order valence-electron chi connectivity index (χ1n) is 3.98. The SMILES string of the molecule is CC(C)C(C)N(C)CC(=N)N. The van der Waals surface area contributed by atoms with Gasteiger partial charge in [-0.2, -0.15) is 0 Å². The van der Waals surface area contributed by atoms with Crippen molar-refractivity contribution in [2.45, 2.75) is 26.8 Å². The quantitative estimate of drug-likeness (QED) is 0.470. The highest BCUT2D eigenvalue weighted by atomic mass is 15.1. The Hall–Kier alpha value is -0.570. The third-order valence-electron chi connectivity index (χ3n) is 2.08. The van der Waals surface area contributed by atoms with Gasteiger partial charge in [0.25, 0.3) is 0 Å². The monoisotopic (exact) mass is 157 g/mol. The van der Waals surface area contributed by atoms with E-state index in [2.05, 4.69) is 25.7 Å². The van der Waals surface area contributed by atoms with Gasteiger partial charge in [0, 0.05) is 6.04 Å². The van der Waals surface area contributed by atoms with Crippen molar-refractivity contribution < 1.29 is 0 Å². The molecule has 0 saturated heterocycles. The number of nitrogens with two attached hydrogens (primary N) is 1. The fourth-order valence-corrected chi connectivity index (χ4v) is 0.922.